The van der Waals surface area contributed by atoms with E-state index in [1.165, 1.54) is 17.9 Å². The fourth-order valence-corrected chi connectivity index (χ4v) is 2.15. The minimum atomic E-state index is -0.900. The third-order valence-corrected chi connectivity index (χ3v) is 3.57. The molecule has 1 atom stereocenters. The summed E-state index contributed by atoms with van der Waals surface area (Å²) in [5, 5.41) is 8.75. The van der Waals surface area contributed by atoms with Crippen molar-refractivity contribution >= 4 is 23.6 Å². The van der Waals surface area contributed by atoms with Crippen LogP contribution in [-0.4, -0.2) is 25.0 Å². The summed E-state index contributed by atoms with van der Waals surface area (Å²) in [5.41, 5.74) is 2.03. The third kappa shape index (κ3) is 5.05. The van der Waals surface area contributed by atoms with Gasteiger partial charge in [-0.3, -0.25) is 4.79 Å². The Morgan fingerprint density at radius 2 is 1.76 bits per heavy atom. The van der Waals surface area contributed by atoms with Crippen LogP contribution in [-0.2, 0) is 14.3 Å². The maximum absolute atomic E-state index is 12.3. The third-order valence-electron chi connectivity index (χ3n) is 3.57. The van der Waals surface area contributed by atoms with Gasteiger partial charge in [-0.15, -0.1) is 0 Å². The van der Waals surface area contributed by atoms with Gasteiger partial charge in [0.25, 0.3) is 5.91 Å². The Bertz CT molecular complexity index is 805. The number of carbonyl (C=O) groups is 2. The monoisotopic (exact) mass is 334 g/mol. The van der Waals surface area contributed by atoms with E-state index in [0.717, 1.165) is 11.3 Å². The molecule has 126 valence electrons. The van der Waals surface area contributed by atoms with Gasteiger partial charge in [-0.05, 0) is 42.8 Å². The highest BCUT2D eigenvalue weighted by Crippen LogP contribution is 2.13. The van der Waals surface area contributed by atoms with Gasteiger partial charge in [-0.2, -0.15) is 5.26 Å². The number of carbonyl (C=O) groups excluding carboxylic acids is 2. The zero-order valence-corrected chi connectivity index (χ0v) is 14.0. The lowest BCUT2D eigenvalue weighted by atomic mass is 10.1. The lowest BCUT2D eigenvalue weighted by Crippen LogP contribution is -2.37. The number of rotatable bonds is 5. The predicted octanol–water partition coefficient (Wildman–Crippen LogP) is 3.17. The minimum absolute atomic E-state index is 0.314. The Morgan fingerprint density at radius 1 is 1.12 bits per heavy atom. The SMILES string of the molecule is C[C@@H](OC(=O)/C=C/c1ccc(C#N)cc1)C(=O)N(C)c1ccccc1. The molecule has 0 aromatic heterocycles. The van der Waals surface area contributed by atoms with Crippen LogP contribution in [0.2, 0.25) is 0 Å². The summed E-state index contributed by atoms with van der Waals surface area (Å²) in [5.74, 6) is -0.919. The van der Waals surface area contributed by atoms with Crippen molar-refractivity contribution in [2.45, 2.75) is 13.0 Å². The van der Waals surface area contributed by atoms with Crippen molar-refractivity contribution in [3.63, 3.8) is 0 Å². The number of likely N-dealkylation sites (N-methyl/N-ethyl adjacent to an activating group) is 1. The summed E-state index contributed by atoms with van der Waals surface area (Å²) in [6.07, 6.45) is 1.93. The number of anilines is 1. The van der Waals surface area contributed by atoms with E-state index in [1.807, 2.05) is 24.3 Å². The van der Waals surface area contributed by atoms with Crippen molar-refractivity contribution in [3.8, 4) is 6.07 Å². The fourth-order valence-electron chi connectivity index (χ4n) is 2.15. The Balaban J connectivity index is 1.93. The highest BCUT2D eigenvalue weighted by molar-refractivity contribution is 5.98. The molecule has 0 aliphatic rings. The molecule has 0 aliphatic carbocycles. The fraction of sp³-hybridized carbons (Fsp3) is 0.150. The summed E-state index contributed by atoms with van der Waals surface area (Å²) < 4.78 is 5.15. The van der Waals surface area contributed by atoms with E-state index in [-0.39, 0.29) is 5.91 Å². The zero-order chi connectivity index (χ0) is 18.2. The predicted molar refractivity (Wildman–Crippen MR) is 95.6 cm³/mol. The largest absolute Gasteiger partial charge is 0.449 e. The molecule has 1 amide bonds. The summed E-state index contributed by atoms with van der Waals surface area (Å²) in [7, 11) is 1.63. The van der Waals surface area contributed by atoms with Crippen LogP contribution in [0.4, 0.5) is 5.69 Å². The normalized spacial score (nSPS) is 11.6. The second-order valence-electron chi connectivity index (χ2n) is 5.38. The van der Waals surface area contributed by atoms with Crippen LogP contribution in [0.1, 0.15) is 18.1 Å². The molecular weight excluding hydrogens is 316 g/mol. The number of hydrogen-bond donors (Lipinski definition) is 0. The Labute approximate surface area is 146 Å². The maximum atomic E-state index is 12.3. The number of hydrogen-bond acceptors (Lipinski definition) is 4. The van der Waals surface area contributed by atoms with Crippen molar-refractivity contribution in [1.29, 1.82) is 5.26 Å². The second kappa shape index (κ2) is 8.46. The lowest BCUT2D eigenvalue weighted by Gasteiger charge is -2.21. The van der Waals surface area contributed by atoms with Crippen LogP contribution in [0.15, 0.2) is 60.7 Å². The molecule has 0 saturated heterocycles. The number of nitriles is 1. The average molecular weight is 334 g/mol. The standard InChI is InChI=1S/C20H18N2O3/c1-15(20(24)22(2)18-6-4-3-5-7-18)25-19(23)13-12-16-8-10-17(14-21)11-9-16/h3-13,15H,1-2H3/b13-12+/t15-/m1/s1. The van der Waals surface area contributed by atoms with Crippen LogP contribution in [0.5, 0.6) is 0 Å². The number of amides is 1. The molecule has 0 N–H and O–H groups in total. The molecule has 0 radical (unpaired) electrons. The number of ether oxygens (including phenoxy) is 1. The van der Waals surface area contributed by atoms with Crippen LogP contribution in [0, 0.1) is 11.3 Å². The molecule has 2 aromatic rings. The first-order valence-corrected chi connectivity index (χ1v) is 7.72. The van der Waals surface area contributed by atoms with Gasteiger partial charge in [0.15, 0.2) is 6.10 Å². The van der Waals surface area contributed by atoms with E-state index in [0.29, 0.717) is 5.56 Å². The van der Waals surface area contributed by atoms with Crippen molar-refractivity contribution < 1.29 is 14.3 Å². The molecule has 5 nitrogen and oxygen atoms in total. The first kappa shape index (κ1) is 18.0. The molecule has 0 saturated carbocycles. The first-order valence-electron chi connectivity index (χ1n) is 7.72. The quantitative estimate of drug-likeness (QED) is 0.622. The van der Waals surface area contributed by atoms with E-state index in [9.17, 15) is 9.59 Å². The van der Waals surface area contributed by atoms with Gasteiger partial charge in [-0.1, -0.05) is 30.3 Å². The molecule has 0 fully saturated rings. The van der Waals surface area contributed by atoms with E-state index in [1.54, 1.807) is 49.5 Å². The number of para-hydroxylation sites is 1. The van der Waals surface area contributed by atoms with E-state index >= 15 is 0 Å². The number of esters is 1. The number of nitrogens with zero attached hydrogens (tertiary/aromatic N) is 2. The smallest absolute Gasteiger partial charge is 0.331 e. The zero-order valence-electron chi connectivity index (χ0n) is 14.0. The van der Waals surface area contributed by atoms with Crippen molar-refractivity contribution in [1.82, 2.24) is 0 Å². The molecular formula is C20H18N2O3. The molecule has 25 heavy (non-hydrogen) atoms. The van der Waals surface area contributed by atoms with Crippen molar-refractivity contribution in [2.75, 3.05) is 11.9 Å². The van der Waals surface area contributed by atoms with Crippen molar-refractivity contribution in [3.05, 3.63) is 71.8 Å². The molecule has 2 aromatic carbocycles. The Morgan fingerprint density at radius 3 is 2.36 bits per heavy atom. The van der Waals surface area contributed by atoms with Gasteiger partial charge in [0, 0.05) is 18.8 Å². The molecule has 0 spiro atoms. The summed E-state index contributed by atoms with van der Waals surface area (Å²) >= 11 is 0. The summed E-state index contributed by atoms with van der Waals surface area (Å²) in [6.45, 7) is 1.54. The van der Waals surface area contributed by atoms with Gasteiger partial charge in [0.2, 0.25) is 0 Å². The minimum Gasteiger partial charge on any atom is -0.449 e. The highest BCUT2D eigenvalue weighted by atomic mass is 16.5. The van der Waals surface area contributed by atoms with Crippen LogP contribution >= 0.6 is 0 Å². The van der Waals surface area contributed by atoms with Crippen LogP contribution in [0.25, 0.3) is 6.08 Å². The molecule has 0 unspecified atom stereocenters. The Hall–Kier alpha value is -3.39. The molecule has 0 aliphatic heterocycles. The summed E-state index contributed by atoms with van der Waals surface area (Å²) in [4.78, 5) is 25.6. The van der Waals surface area contributed by atoms with E-state index < -0.39 is 12.1 Å². The topological polar surface area (TPSA) is 70.4 Å². The van der Waals surface area contributed by atoms with Gasteiger partial charge in [0.1, 0.15) is 0 Å². The maximum Gasteiger partial charge on any atom is 0.331 e. The molecule has 2 rings (SSSR count). The second-order valence-corrected chi connectivity index (χ2v) is 5.38. The average Bonchev–Trinajstić information content (AvgIpc) is 2.66. The molecule has 0 heterocycles. The van der Waals surface area contributed by atoms with Crippen LogP contribution < -0.4 is 4.90 Å². The Kier molecular flexibility index (Phi) is 6.08. The van der Waals surface area contributed by atoms with Crippen LogP contribution in [0.3, 0.4) is 0 Å². The molecule has 0 bridgehead atoms. The lowest BCUT2D eigenvalue weighted by molar-refractivity contribution is -0.148. The van der Waals surface area contributed by atoms with E-state index in [4.69, 9.17) is 10.00 Å². The molecule has 5 heteroatoms. The van der Waals surface area contributed by atoms with E-state index in [2.05, 4.69) is 0 Å². The summed E-state index contributed by atoms with van der Waals surface area (Å²) in [6, 6.07) is 17.9. The van der Waals surface area contributed by atoms with Crippen molar-refractivity contribution in [2.24, 2.45) is 0 Å². The van der Waals surface area contributed by atoms with Gasteiger partial charge in [0.05, 0.1) is 11.6 Å². The number of benzene rings is 2. The highest BCUT2D eigenvalue weighted by Gasteiger charge is 2.21. The van der Waals surface area contributed by atoms with Gasteiger partial charge < -0.3 is 9.64 Å². The first-order chi connectivity index (χ1) is 12.0. The van der Waals surface area contributed by atoms with Gasteiger partial charge in [-0.25, -0.2) is 4.79 Å². The van der Waals surface area contributed by atoms with Gasteiger partial charge >= 0.3 is 5.97 Å².